The average molecular weight is 351 g/mol. The molecule has 2 rings (SSSR count). The van der Waals surface area contributed by atoms with Gasteiger partial charge in [-0.1, -0.05) is 12.1 Å². The maximum absolute atomic E-state index is 11.7. The number of rotatable bonds is 5. The molecule has 0 radical (unpaired) electrons. The summed E-state index contributed by atoms with van der Waals surface area (Å²) in [6.07, 6.45) is 0. The molecule has 1 aromatic carbocycles. The Hall–Kier alpha value is -1.84. The number of ether oxygens (including phenoxy) is 1. The van der Waals surface area contributed by atoms with E-state index in [1.807, 2.05) is 18.2 Å². The van der Waals surface area contributed by atoms with Crippen LogP contribution in [-0.2, 0) is 11.3 Å². The van der Waals surface area contributed by atoms with E-state index in [2.05, 4.69) is 21.2 Å². The van der Waals surface area contributed by atoms with Crippen molar-refractivity contribution in [3.63, 3.8) is 0 Å². The molecule has 0 saturated carbocycles. The maximum Gasteiger partial charge on any atom is 0.258 e. The van der Waals surface area contributed by atoms with Gasteiger partial charge in [0, 0.05) is 4.88 Å². The van der Waals surface area contributed by atoms with Crippen LogP contribution in [0.3, 0.4) is 0 Å². The number of para-hydroxylation sites is 1. The summed E-state index contributed by atoms with van der Waals surface area (Å²) in [5.41, 5.74) is 0.419. The van der Waals surface area contributed by atoms with Gasteiger partial charge in [-0.05, 0) is 40.2 Å². The number of carbonyl (C=O) groups is 1. The Balaban J connectivity index is 1.82. The predicted octanol–water partition coefficient (Wildman–Crippen LogP) is 3.08. The van der Waals surface area contributed by atoms with E-state index >= 15 is 0 Å². The lowest BCUT2D eigenvalue weighted by atomic mass is 10.2. The number of nitrogens with one attached hydrogen (secondary N) is 1. The molecule has 0 aliphatic carbocycles. The number of carbonyl (C=O) groups excluding carboxylic acids is 1. The first-order valence-corrected chi connectivity index (χ1v) is 7.43. The first-order valence-electron chi connectivity index (χ1n) is 5.82. The minimum Gasteiger partial charge on any atom is -0.482 e. The van der Waals surface area contributed by atoms with Crippen molar-refractivity contribution in [2.24, 2.45) is 0 Å². The molecule has 0 atom stereocenters. The summed E-state index contributed by atoms with van der Waals surface area (Å²) >= 11 is 4.94. The molecular formula is C14H11BrN2O2S. The van der Waals surface area contributed by atoms with E-state index in [9.17, 15) is 4.79 Å². The quantitative estimate of drug-likeness (QED) is 0.901. The molecule has 0 spiro atoms. The van der Waals surface area contributed by atoms with Gasteiger partial charge in [-0.15, -0.1) is 11.3 Å². The highest BCUT2D eigenvalue weighted by Crippen LogP contribution is 2.21. The highest BCUT2D eigenvalue weighted by Gasteiger charge is 2.06. The number of hydrogen-bond acceptors (Lipinski definition) is 4. The Kier molecular flexibility index (Phi) is 5.16. The predicted molar refractivity (Wildman–Crippen MR) is 80.5 cm³/mol. The van der Waals surface area contributed by atoms with E-state index in [1.165, 1.54) is 0 Å². The third-order valence-corrected chi connectivity index (χ3v) is 4.08. The molecule has 4 nitrogen and oxygen atoms in total. The second-order valence-electron chi connectivity index (χ2n) is 3.88. The monoisotopic (exact) mass is 350 g/mol. The second kappa shape index (κ2) is 7.08. The molecule has 0 saturated heterocycles. The van der Waals surface area contributed by atoms with E-state index in [1.54, 1.807) is 35.6 Å². The van der Waals surface area contributed by atoms with Crippen molar-refractivity contribution in [1.29, 1.82) is 5.26 Å². The first kappa shape index (κ1) is 14.6. The lowest BCUT2D eigenvalue weighted by Crippen LogP contribution is -2.28. The van der Waals surface area contributed by atoms with E-state index in [0.717, 1.165) is 8.66 Å². The topological polar surface area (TPSA) is 62.1 Å². The van der Waals surface area contributed by atoms with E-state index in [0.29, 0.717) is 17.9 Å². The SMILES string of the molecule is N#Cc1ccccc1OCC(=O)NCc1ccc(Br)s1. The molecule has 0 aliphatic heterocycles. The molecule has 102 valence electrons. The second-order valence-corrected chi connectivity index (χ2v) is 6.43. The third-order valence-electron chi connectivity index (χ3n) is 2.45. The fourth-order valence-corrected chi connectivity index (χ4v) is 2.93. The molecule has 1 N–H and O–H groups in total. The molecular weight excluding hydrogens is 340 g/mol. The maximum atomic E-state index is 11.7. The van der Waals surface area contributed by atoms with E-state index in [4.69, 9.17) is 10.00 Å². The number of benzene rings is 1. The van der Waals surface area contributed by atoms with Crippen LogP contribution < -0.4 is 10.1 Å². The lowest BCUT2D eigenvalue weighted by Gasteiger charge is -2.07. The van der Waals surface area contributed by atoms with Crippen LogP contribution in [0.25, 0.3) is 0 Å². The van der Waals surface area contributed by atoms with Gasteiger partial charge in [0.15, 0.2) is 6.61 Å². The molecule has 0 unspecified atom stereocenters. The minimum atomic E-state index is -0.220. The van der Waals surface area contributed by atoms with Crippen LogP contribution in [0.2, 0.25) is 0 Å². The van der Waals surface area contributed by atoms with Crippen molar-refractivity contribution in [3.05, 3.63) is 50.6 Å². The molecule has 0 aliphatic rings. The van der Waals surface area contributed by atoms with Gasteiger partial charge >= 0.3 is 0 Å². The zero-order chi connectivity index (χ0) is 14.4. The van der Waals surface area contributed by atoms with Crippen molar-refractivity contribution >= 4 is 33.2 Å². The molecule has 0 fully saturated rings. The molecule has 0 bridgehead atoms. The fraction of sp³-hybridized carbons (Fsp3) is 0.143. The molecule has 1 heterocycles. The molecule has 6 heteroatoms. The van der Waals surface area contributed by atoms with Crippen LogP contribution in [0.4, 0.5) is 0 Å². The minimum absolute atomic E-state index is 0.106. The van der Waals surface area contributed by atoms with Crippen molar-refractivity contribution in [1.82, 2.24) is 5.32 Å². The van der Waals surface area contributed by atoms with Crippen LogP contribution in [0, 0.1) is 11.3 Å². The van der Waals surface area contributed by atoms with E-state index in [-0.39, 0.29) is 12.5 Å². The lowest BCUT2D eigenvalue weighted by molar-refractivity contribution is -0.123. The summed E-state index contributed by atoms with van der Waals surface area (Å²) in [4.78, 5) is 12.7. The zero-order valence-corrected chi connectivity index (χ0v) is 12.8. The number of halogens is 1. The van der Waals surface area contributed by atoms with Crippen molar-refractivity contribution in [2.75, 3.05) is 6.61 Å². The molecule has 20 heavy (non-hydrogen) atoms. The third kappa shape index (κ3) is 4.08. The van der Waals surface area contributed by atoms with Gasteiger partial charge in [0.2, 0.25) is 0 Å². The smallest absolute Gasteiger partial charge is 0.258 e. The highest BCUT2D eigenvalue weighted by atomic mass is 79.9. The van der Waals surface area contributed by atoms with Gasteiger partial charge in [-0.2, -0.15) is 5.26 Å². The Bertz CT molecular complexity index is 649. The largest absolute Gasteiger partial charge is 0.482 e. The van der Waals surface area contributed by atoms with Crippen LogP contribution in [0.5, 0.6) is 5.75 Å². The summed E-state index contributed by atoms with van der Waals surface area (Å²) in [5.74, 6) is 0.200. The summed E-state index contributed by atoms with van der Waals surface area (Å²) in [6.45, 7) is 0.365. The standard InChI is InChI=1S/C14H11BrN2O2S/c15-13-6-5-11(20-13)8-17-14(18)9-19-12-4-2-1-3-10(12)7-16/h1-6H,8-9H2,(H,17,18). The van der Waals surface area contributed by atoms with Crippen LogP contribution >= 0.6 is 27.3 Å². The van der Waals surface area contributed by atoms with Gasteiger partial charge in [0.25, 0.3) is 5.91 Å². The van der Waals surface area contributed by atoms with Crippen molar-refractivity contribution in [2.45, 2.75) is 6.54 Å². The number of thiophene rings is 1. The Morgan fingerprint density at radius 1 is 1.35 bits per heavy atom. The van der Waals surface area contributed by atoms with Crippen LogP contribution in [-0.4, -0.2) is 12.5 Å². The Labute approximate surface area is 129 Å². The molecule has 2 aromatic rings. The summed E-state index contributed by atoms with van der Waals surface area (Å²) in [7, 11) is 0. The van der Waals surface area contributed by atoms with Gasteiger partial charge in [0.1, 0.15) is 11.8 Å². The summed E-state index contributed by atoms with van der Waals surface area (Å²) in [5, 5.41) is 11.7. The van der Waals surface area contributed by atoms with Crippen LogP contribution in [0.15, 0.2) is 40.2 Å². The molecule has 1 aromatic heterocycles. The van der Waals surface area contributed by atoms with Crippen LogP contribution in [0.1, 0.15) is 10.4 Å². The van der Waals surface area contributed by atoms with Crippen molar-refractivity contribution < 1.29 is 9.53 Å². The summed E-state index contributed by atoms with van der Waals surface area (Å²) < 4.78 is 6.37. The highest BCUT2D eigenvalue weighted by molar-refractivity contribution is 9.11. The number of amides is 1. The van der Waals surface area contributed by atoms with Gasteiger partial charge in [-0.25, -0.2) is 0 Å². The first-order chi connectivity index (χ1) is 9.69. The molecule has 1 amide bonds. The normalized spacial score (nSPS) is 9.80. The van der Waals surface area contributed by atoms with Gasteiger partial charge in [-0.3, -0.25) is 4.79 Å². The fourth-order valence-electron chi connectivity index (χ4n) is 1.51. The van der Waals surface area contributed by atoms with E-state index < -0.39 is 0 Å². The Morgan fingerprint density at radius 2 is 2.15 bits per heavy atom. The zero-order valence-electron chi connectivity index (χ0n) is 10.4. The summed E-state index contributed by atoms with van der Waals surface area (Å²) in [6, 6.07) is 12.7. The van der Waals surface area contributed by atoms with Gasteiger partial charge < -0.3 is 10.1 Å². The number of nitriles is 1. The number of hydrogen-bond donors (Lipinski definition) is 1. The van der Waals surface area contributed by atoms with Crippen molar-refractivity contribution in [3.8, 4) is 11.8 Å². The Morgan fingerprint density at radius 3 is 2.85 bits per heavy atom. The number of nitrogens with zero attached hydrogens (tertiary/aromatic N) is 1. The van der Waals surface area contributed by atoms with Gasteiger partial charge in [0.05, 0.1) is 15.9 Å². The average Bonchev–Trinajstić information content (AvgIpc) is 2.89.